The molecule has 2 N–H and O–H groups in total. The molecule has 0 saturated carbocycles. The van der Waals surface area contributed by atoms with E-state index in [0.717, 1.165) is 6.07 Å². The standard InChI is InChI=1S/C12H16BrF3N2O/c1-7(2)10(3-4-19)18-11-9(12(14,15)16)5-8(13)6-17-11/h5-7,10,19H,3-4H2,1-2H3,(H,17,18). The molecular weight excluding hydrogens is 325 g/mol. The lowest BCUT2D eigenvalue weighted by molar-refractivity contribution is -0.137. The molecule has 0 amide bonds. The number of hydrogen-bond acceptors (Lipinski definition) is 3. The Bertz CT molecular complexity index is 424. The van der Waals surface area contributed by atoms with Crippen molar-refractivity contribution in [3.63, 3.8) is 0 Å². The summed E-state index contributed by atoms with van der Waals surface area (Å²) in [6, 6.07) is 0.728. The van der Waals surface area contributed by atoms with E-state index in [-0.39, 0.29) is 28.9 Å². The summed E-state index contributed by atoms with van der Waals surface area (Å²) in [5.74, 6) is -0.124. The molecule has 0 aliphatic heterocycles. The maximum absolute atomic E-state index is 12.9. The number of aliphatic hydroxyl groups excluding tert-OH is 1. The maximum Gasteiger partial charge on any atom is 0.419 e. The minimum Gasteiger partial charge on any atom is -0.396 e. The molecule has 0 radical (unpaired) electrons. The van der Waals surface area contributed by atoms with Gasteiger partial charge in [0.25, 0.3) is 0 Å². The molecule has 7 heteroatoms. The van der Waals surface area contributed by atoms with Crippen LogP contribution < -0.4 is 5.32 Å². The third-order valence-corrected chi connectivity index (χ3v) is 3.16. The highest BCUT2D eigenvalue weighted by Gasteiger charge is 2.35. The van der Waals surface area contributed by atoms with Crippen molar-refractivity contribution in [2.75, 3.05) is 11.9 Å². The quantitative estimate of drug-likeness (QED) is 0.859. The number of alkyl halides is 3. The van der Waals surface area contributed by atoms with Crippen LogP contribution in [0, 0.1) is 5.92 Å². The molecule has 1 atom stereocenters. The Kier molecular flexibility index (Phi) is 5.61. The van der Waals surface area contributed by atoms with Gasteiger partial charge in [-0.2, -0.15) is 13.2 Å². The summed E-state index contributed by atoms with van der Waals surface area (Å²) in [5.41, 5.74) is -0.814. The van der Waals surface area contributed by atoms with E-state index in [0.29, 0.717) is 6.42 Å². The summed E-state index contributed by atoms with van der Waals surface area (Å²) >= 11 is 2.98. The van der Waals surface area contributed by atoms with Gasteiger partial charge in [0.05, 0.1) is 5.56 Å². The predicted octanol–water partition coefficient (Wildman–Crippen LogP) is 3.68. The molecule has 3 nitrogen and oxygen atoms in total. The number of aromatic nitrogens is 1. The molecule has 0 aromatic carbocycles. The topological polar surface area (TPSA) is 45.1 Å². The first kappa shape index (κ1) is 16.2. The van der Waals surface area contributed by atoms with Gasteiger partial charge in [-0.25, -0.2) is 4.98 Å². The lowest BCUT2D eigenvalue weighted by Gasteiger charge is -2.24. The Morgan fingerprint density at radius 2 is 2.05 bits per heavy atom. The van der Waals surface area contributed by atoms with Crippen molar-refractivity contribution in [2.45, 2.75) is 32.5 Å². The zero-order chi connectivity index (χ0) is 14.6. The van der Waals surface area contributed by atoms with Crippen LogP contribution in [0.5, 0.6) is 0 Å². The highest BCUT2D eigenvalue weighted by atomic mass is 79.9. The first-order valence-electron chi connectivity index (χ1n) is 5.85. The van der Waals surface area contributed by atoms with Gasteiger partial charge in [-0.1, -0.05) is 13.8 Å². The number of halogens is 4. The number of hydrogen-bond donors (Lipinski definition) is 2. The largest absolute Gasteiger partial charge is 0.419 e. The smallest absolute Gasteiger partial charge is 0.396 e. The first-order valence-corrected chi connectivity index (χ1v) is 6.65. The second kappa shape index (κ2) is 6.56. The van der Waals surface area contributed by atoms with Crippen molar-refractivity contribution < 1.29 is 18.3 Å². The highest BCUT2D eigenvalue weighted by Crippen LogP contribution is 2.35. The average molecular weight is 341 g/mol. The van der Waals surface area contributed by atoms with Gasteiger partial charge in [0.15, 0.2) is 0 Å². The predicted molar refractivity (Wildman–Crippen MR) is 70.9 cm³/mol. The monoisotopic (exact) mass is 340 g/mol. The van der Waals surface area contributed by atoms with E-state index in [1.165, 1.54) is 6.20 Å². The van der Waals surface area contributed by atoms with Gasteiger partial charge in [0.2, 0.25) is 0 Å². The van der Waals surface area contributed by atoms with E-state index in [9.17, 15) is 13.2 Å². The van der Waals surface area contributed by atoms with Gasteiger partial charge in [-0.05, 0) is 34.3 Å². The highest BCUT2D eigenvalue weighted by molar-refractivity contribution is 9.10. The Morgan fingerprint density at radius 3 is 2.53 bits per heavy atom. The van der Waals surface area contributed by atoms with Crippen LogP contribution in [0.4, 0.5) is 19.0 Å². The molecular formula is C12H16BrF3N2O. The maximum atomic E-state index is 12.9. The fraction of sp³-hybridized carbons (Fsp3) is 0.583. The minimum atomic E-state index is -4.47. The molecule has 0 fully saturated rings. The summed E-state index contributed by atoms with van der Waals surface area (Å²) < 4.78 is 39.0. The van der Waals surface area contributed by atoms with Crippen molar-refractivity contribution >= 4 is 21.7 Å². The Morgan fingerprint density at radius 1 is 1.42 bits per heavy atom. The molecule has 0 saturated heterocycles. The van der Waals surface area contributed by atoms with Crippen LogP contribution in [0.1, 0.15) is 25.8 Å². The number of anilines is 1. The molecule has 108 valence electrons. The fourth-order valence-electron chi connectivity index (χ4n) is 1.66. The van der Waals surface area contributed by atoms with Crippen LogP contribution in [0.3, 0.4) is 0 Å². The third-order valence-electron chi connectivity index (χ3n) is 2.73. The molecule has 1 aromatic heterocycles. The van der Waals surface area contributed by atoms with E-state index >= 15 is 0 Å². The van der Waals surface area contributed by atoms with Crippen LogP contribution in [-0.2, 0) is 6.18 Å². The Hall–Kier alpha value is -0.820. The van der Waals surface area contributed by atoms with Crippen molar-refractivity contribution in [2.24, 2.45) is 5.92 Å². The molecule has 0 bridgehead atoms. The van der Waals surface area contributed by atoms with Gasteiger partial charge in [-0.3, -0.25) is 0 Å². The molecule has 0 aliphatic carbocycles. The summed E-state index contributed by atoms with van der Waals surface area (Å²) in [5, 5.41) is 11.7. The summed E-state index contributed by atoms with van der Waals surface area (Å²) in [4.78, 5) is 3.79. The lowest BCUT2D eigenvalue weighted by atomic mass is 10.0. The number of nitrogens with zero attached hydrogens (tertiary/aromatic N) is 1. The fourth-order valence-corrected chi connectivity index (χ4v) is 1.99. The van der Waals surface area contributed by atoms with Crippen LogP contribution in [0.25, 0.3) is 0 Å². The lowest BCUT2D eigenvalue weighted by Crippen LogP contribution is -2.28. The number of rotatable bonds is 5. The Labute approximate surface area is 118 Å². The molecule has 19 heavy (non-hydrogen) atoms. The zero-order valence-electron chi connectivity index (χ0n) is 10.6. The number of aliphatic hydroxyl groups is 1. The Balaban J connectivity index is 3.06. The first-order chi connectivity index (χ1) is 8.75. The second-order valence-electron chi connectivity index (χ2n) is 4.55. The van der Waals surface area contributed by atoms with Crippen LogP contribution in [0.2, 0.25) is 0 Å². The van der Waals surface area contributed by atoms with Gasteiger partial charge in [-0.15, -0.1) is 0 Å². The summed E-state index contributed by atoms with van der Waals surface area (Å²) in [6.45, 7) is 3.66. The normalized spacial score (nSPS) is 13.7. The van der Waals surface area contributed by atoms with Gasteiger partial charge in [0.1, 0.15) is 5.82 Å². The zero-order valence-corrected chi connectivity index (χ0v) is 12.2. The SMILES string of the molecule is CC(C)C(CCO)Nc1ncc(Br)cc1C(F)(F)F. The van der Waals surface area contributed by atoms with E-state index in [4.69, 9.17) is 5.11 Å². The molecule has 1 aromatic rings. The van der Waals surface area contributed by atoms with Crippen molar-refractivity contribution in [3.8, 4) is 0 Å². The van der Waals surface area contributed by atoms with Crippen molar-refractivity contribution in [3.05, 3.63) is 22.3 Å². The summed E-state index contributed by atoms with van der Waals surface area (Å²) in [7, 11) is 0. The molecule has 1 unspecified atom stereocenters. The van der Waals surface area contributed by atoms with E-state index < -0.39 is 11.7 Å². The van der Waals surface area contributed by atoms with Gasteiger partial charge in [0, 0.05) is 23.3 Å². The molecule has 1 heterocycles. The molecule has 0 aliphatic rings. The minimum absolute atomic E-state index is 0.0821. The average Bonchev–Trinajstić information content (AvgIpc) is 2.29. The van der Waals surface area contributed by atoms with Crippen molar-refractivity contribution in [1.29, 1.82) is 0 Å². The molecule has 1 rings (SSSR count). The number of nitrogens with one attached hydrogen (secondary N) is 1. The van der Waals surface area contributed by atoms with Crippen LogP contribution in [0.15, 0.2) is 16.7 Å². The van der Waals surface area contributed by atoms with Gasteiger partial charge < -0.3 is 10.4 Å². The van der Waals surface area contributed by atoms with Gasteiger partial charge >= 0.3 is 6.18 Å². The van der Waals surface area contributed by atoms with E-state index in [1.54, 1.807) is 0 Å². The van der Waals surface area contributed by atoms with E-state index in [1.807, 2.05) is 13.8 Å². The third kappa shape index (κ3) is 4.65. The van der Waals surface area contributed by atoms with Crippen LogP contribution in [-0.4, -0.2) is 22.7 Å². The summed E-state index contributed by atoms with van der Waals surface area (Å²) in [6.07, 6.45) is -2.79. The molecule has 0 spiro atoms. The van der Waals surface area contributed by atoms with E-state index in [2.05, 4.69) is 26.2 Å². The number of pyridine rings is 1. The second-order valence-corrected chi connectivity index (χ2v) is 5.47. The van der Waals surface area contributed by atoms with Crippen molar-refractivity contribution in [1.82, 2.24) is 4.98 Å². The van der Waals surface area contributed by atoms with Crippen LogP contribution >= 0.6 is 15.9 Å².